The quantitative estimate of drug-likeness (QED) is 0.728. The fourth-order valence-corrected chi connectivity index (χ4v) is 2.92. The van der Waals surface area contributed by atoms with Crippen molar-refractivity contribution in [2.45, 2.75) is 56.6 Å². The second-order valence-corrected chi connectivity index (χ2v) is 6.14. The first kappa shape index (κ1) is 16.0. The van der Waals surface area contributed by atoms with Gasteiger partial charge in [-0.3, -0.25) is 4.79 Å². The summed E-state index contributed by atoms with van der Waals surface area (Å²) in [5.41, 5.74) is 6.27. The predicted molar refractivity (Wildman–Crippen MR) is 83.6 cm³/mol. The highest BCUT2D eigenvalue weighted by Gasteiger charge is 2.28. The van der Waals surface area contributed by atoms with Crippen molar-refractivity contribution in [2.75, 3.05) is 6.54 Å². The van der Waals surface area contributed by atoms with Crippen LogP contribution in [0.15, 0.2) is 30.3 Å². The van der Waals surface area contributed by atoms with Gasteiger partial charge in [-0.05, 0) is 18.4 Å². The van der Waals surface area contributed by atoms with E-state index in [1.807, 2.05) is 30.3 Å². The van der Waals surface area contributed by atoms with E-state index in [4.69, 9.17) is 5.73 Å². The van der Waals surface area contributed by atoms with Crippen molar-refractivity contribution < 1.29 is 9.90 Å². The zero-order valence-electron chi connectivity index (χ0n) is 12.6. The first-order valence-corrected chi connectivity index (χ1v) is 7.89. The zero-order chi connectivity index (χ0) is 15.1. The smallest absolute Gasteiger partial charge is 0.222 e. The third kappa shape index (κ3) is 5.14. The zero-order valence-corrected chi connectivity index (χ0v) is 12.6. The van der Waals surface area contributed by atoms with Gasteiger partial charge in [-0.15, -0.1) is 0 Å². The molecule has 1 atom stereocenters. The summed E-state index contributed by atoms with van der Waals surface area (Å²) in [5.74, 6) is -0.0935. The molecule has 0 spiro atoms. The van der Waals surface area contributed by atoms with Crippen LogP contribution in [0.4, 0.5) is 0 Å². The molecule has 4 heteroatoms. The Kier molecular flexibility index (Phi) is 5.76. The van der Waals surface area contributed by atoms with Crippen molar-refractivity contribution in [3.05, 3.63) is 35.9 Å². The summed E-state index contributed by atoms with van der Waals surface area (Å²) in [6, 6.07) is 9.32. The van der Waals surface area contributed by atoms with Gasteiger partial charge in [0.25, 0.3) is 0 Å². The van der Waals surface area contributed by atoms with Crippen molar-refractivity contribution in [3.8, 4) is 0 Å². The Hall–Kier alpha value is -1.39. The van der Waals surface area contributed by atoms with Gasteiger partial charge in [0.05, 0.1) is 5.60 Å². The van der Waals surface area contributed by atoms with Gasteiger partial charge < -0.3 is 16.2 Å². The fourth-order valence-electron chi connectivity index (χ4n) is 2.92. The lowest BCUT2D eigenvalue weighted by Gasteiger charge is -2.27. The van der Waals surface area contributed by atoms with E-state index >= 15 is 0 Å². The van der Waals surface area contributed by atoms with E-state index in [-0.39, 0.29) is 18.4 Å². The molecule has 1 aliphatic rings. The van der Waals surface area contributed by atoms with Crippen LogP contribution >= 0.6 is 0 Å². The van der Waals surface area contributed by atoms with Crippen molar-refractivity contribution >= 4 is 5.91 Å². The lowest BCUT2D eigenvalue weighted by molar-refractivity contribution is -0.122. The number of nitrogens with two attached hydrogens (primary N) is 1. The summed E-state index contributed by atoms with van der Waals surface area (Å²) in [5, 5.41) is 13.4. The van der Waals surface area contributed by atoms with E-state index in [0.29, 0.717) is 6.54 Å². The number of hydrogen-bond acceptors (Lipinski definition) is 3. The maximum absolute atomic E-state index is 12.0. The number of amides is 1. The van der Waals surface area contributed by atoms with Gasteiger partial charge in [0.1, 0.15) is 0 Å². The minimum absolute atomic E-state index is 0.0935. The molecule has 0 aliphatic heterocycles. The van der Waals surface area contributed by atoms with Gasteiger partial charge in [-0.25, -0.2) is 0 Å². The van der Waals surface area contributed by atoms with Gasteiger partial charge in [0.2, 0.25) is 5.91 Å². The third-order valence-electron chi connectivity index (χ3n) is 4.28. The molecule has 1 aromatic rings. The van der Waals surface area contributed by atoms with Crippen LogP contribution in [0.1, 0.15) is 56.6 Å². The second kappa shape index (κ2) is 7.57. The van der Waals surface area contributed by atoms with Crippen LogP contribution in [0.3, 0.4) is 0 Å². The maximum Gasteiger partial charge on any atom is 0.222 e. The first-order valence-electron chi connectivity index (χ1n) is 7.89. The number of hydrogen-bond donors (Lipinski definition) is 3. The highest BCUT2D eigenvalue weighted by molar-refractivity contribution is 5.76. The Morgan fingerprint density at radius 3 is 2.43 bits per heavy atom. The van der Waals surface area contributed by atoms with E-state index in [9.17, 15) is 9.90 Å². The van der Waals surface area contributed by atoms with E-state index < -0.39 is 5.60 Å². The molecular weight excluding hydrogens is 264 g/mol. The average molecular weight is 290 g/mol. The molecule has 1 saturated carbocycles. The molecule has 0 heterocycles. The SMILES string of the molecule is NC(CC(=O)NCC1(O)CCCCCC1)c1ccccc1. The second-order valence-electron chi connectivity index (χ2n) is 6.14. The van der Waals surface area contributed by atoms with Crippen LogP contribution in [0.5, 0.6) is 0 Å². The van der Waals surface area contributed by atoms with E-state index in [1.165, 1.54) is 12.8 Å². The van der Waals surface area contributed by atoms with E-state index in [2.05, 4.69) is 5.32 Å². The molecule has 0 saturated heterocycles. The summed E-state index contributed by atoms with van der Waals surface area (Å²) < 4.78 is 0. The number of nitrogens with one attached hydrogen (secondary N) is 1. The minimum atomic E-state index is -0.733. The number of benzene rings is 1. The topological polar surface area (TPSA) is 75.4 Å². The molecule has 21 heavy (non-hydrogen) atoms. The number of carbonyl (C=O) groups is 1. The summed E-state index contributed by atoms with van der Waals surface area (Å²) in [6.45, 7) is 0.341. The molecule has 116 valence electrons. The van der Waals surface area contributed by atoms with Gasteiger partial charge in [0, 0.05) is 19.0 Å². The molecule has 1 unspecified atom stereocenters. The average Bonchev–Trinajstić information content (AvgIpc) is 2.71. The van der Waals surface area contributed by atoms with E-state index in [1.54, 1.807) is 0 Å². The normalized spacial score (nSPS) is 19.5. The van der Waals surface area contributed by atoms with Gasteiger partial charge in [-0.1, -0.05) is 56.0 Å². The summed E-state index contributed by atoms with van der Waals surface area (Å²) >= 11 is 0. The third-order valence-corrected chi connectivity index (χ3v) is 4.28. The van der Waals surface area contributed by atoms with Gasteiger partial charge in [0.15, 0.2) is 0 Å². The number of carbonyl (C=O) groups excluding carboxylic acids is 1. The van der Waals surface area contributed by atoms with Crippen molar-refractivity contribution in [1.82, 2.24) is 5.32 Å². The maximum atomic E-state index is 12.0. The molecule has 4 nitrogen and oxygen atoms in total. The fraction of sp³-hybridized carbons (Fsp3) is 0.588. The molecule has 2 rings (SSSR count). The Balaban J connectivity index is 1.79. The van der Waals surface area contributed by atoms with Crippen LogP contribution in [-0.4, -0.2) is 23.2 Å². The van der Waals surface area contributed by atoms with Gasteiger partial charge >= 0.3 is 0 Å². The molecule has 1 amide bonds. The van der Waals surface area contributed by atoms with Crippen molar-refractivity contribution in [2.24, 2.45) is 5.73 Å². The molecule has 1 fully saturated rings. The van der Waals surface area contributed by atoms with Crippen LogP contribution in [0, 0.1) is 0 Å². The monoisotopic (exact) mass is 290 g/mol. The van der Waals surface area contributed by atoms with Crippen molar-refractivity contribution in [1.29, 1.82) is 0 Å². The van der Waals surface area contributed by atoms with Crippen LogP contribution in [0.2, 0.25) is 0 Å². The lowest BCUT2D eigenvalue weighted by atomic mass is 9.94. The minimum Gasteiger partial charge on any atom is -0.388 e. The molecule has 0 aromatic heterocycles. The molecule has 4 N–H and O–H groups in total. The lowest BCUT2D eigenvalue weighted by Crippen LogP contribution is -2.43. The Labute approximate surface area is 126 Å². The largest absolute Gasteiger partial charge is 0.388 e. The molecule has 1 aromatic carbocycles. The van der Waals surface area contributed by atoms with Crippen LogP contribution < -0.4 is 11.1 Å². The summed E-state index contributed by atoms with van der Waals surface area (Å²) in [7, 11) is 0. The number of aliphatic hydroxyl groups is 1. The van der Waals surface area contributed by atoms with Crippen LogP contribution in [0.25, 0.3) is 0 Å². The summed E-state index contributed by atoms with van der Waals surface area (Å²) in [6.07, 6.45) is 6.23. The molecule has 1 aliphatic carbocycles. The summed E-state index contributed by atoms with van der Waals surface area (Å²) in [4.78, 5) is 12.0. The first-order chi connectivity index (χ1) is 10.1. The Morgan fingerprint density at radius 1 is 1.19 bits per heavy atom. The standard InChI is InChI=1S/C17H26N2O2/c18-15(14-8-4-3-5-9-14)12-16(20)19-13-17(21)10-6-1-2-7-11-17/h3-5,8-9,15,21H,1-2,6-7,10-13,18H2,(H,19,20). The number of rotatable bonds is 5. The highest BCUT2D eigenvalue weighted by Crippen LogP contribution is 2.26. The molecule has 0 bridgehead atoms. The van der Waals surface area contributed by atoms with Crippen molar-refractivity contribution in [3.63, 3.8) is 0 Å². The molecule has 0 radical (unpaired) electrons. The predicted octanol–water partition coefficient (Wildman–Crippen LogP) is 2.28. The van der Waals surface area contributed by atoms with E-state index in [0.717, 1.165) is 31.2 Å². The molecular formula is C17H26N2O2. The van der Waals surface area contributed by atoms with Gasteiger partial charge in [-0.2, -0.15) is 0 Å². The Bertz CT molecular complexity index is 439. The highest BCUT2D eigenvalue weighted by atomic mass is 16.3. The Morgan fingerprint density at radius 2 is 1.81 bits per heavy atom. The van der Waals surface area contributed by atoms with Crippen LogP contribution in [-0.2, 0) is 4.79 Å².